The summed E-state index contributed by atoms with van der Waals surface area (Å²) in [6.45, 7) is 7.77. The number of nitrogens with one attached hydrogen (secondary N) is 2. The van der Waals surface area contributed by atoms with E-state index in [2.05, 4.69) is 10.6 Å². The second-order valence-electron chi connectivity index (χ2n) is 15.6. The highest BCUT2D eigenvalue weighted by Gasteiger charge is 2.38. The van der Waals surface area contributed by atoms with Gasteiger partial charge < -0.3 is 20.1 Å². The van der Waals surface area contributed by atoms with E-state index in [1.165, 1.54) is 24.2 Å². The van der Waals surface area contributed by atoms with E-state index in [1.54, 1.807) is 25.1 Å². The van der Waals surface area contributed by atoms with Crippen LogP contribution in [0.3, 0.4) is 0 Å². The van der Waals surface area contributed by atoms with Crippen LogP contribution in [0, 0.1) is 11.8 Å². The van der Waals surface area contributed by atoms with E-state index < -0.39 is 59.9 Å². The number of esters is 1. The van der Waals surface area contributed by atoms with Crippen LogP contribution in [0.25, 0.3) is 0 Å². The summed E-state index contributed by atoms with van der Waals surface area (Å²) in [6, 6.07) is 25.7. The summed E-state index contributed by atoms with van der Waals surface area (Å²) in [6.07, 6.45) is 4.79. The van der Waals surface area contributed by atoms with E-state index >= 15 is 0 Å². The molecule has 5 atom stereocenters. The maximum Gasteiger partial charge on any atom is 0.324 e. The Kier molecular flexibility index (Phi) is 16.8. The van der Waals surface area contributed by atoms with Crippen molar-refractivity contribution in [3.05, 3.63) is 132 Å². The SMILES string of the molecule is COC1=CC(=O)N(C(=O)C=CC(Cc2ccccc2)NC(=O)C(CC(C)C)NC(=O)C(CC(C)C)OC(=O)C(Cc2ccccc2)N(C)C)C1Cc1ccccc1. The van der Waals surface area contributed by atoms with Crippen LogP contribution in [0.4, 0.5) is 0 Å². The summed E-state index contributed by atoms with van der Waals surface area (Å²) in [5.74, 6) is -2.15. The molecule has 0 fully saturated rings. The number of benzene rings is 3. The average molecular weight is 779 g/mol. The molecule has 57 heavy (non-hydrogen) atoms. The van der Waals surface area contributed by atoms with E-state index in [1.807, 2.05) is 119 Å². The first-order chi connectivity index (χ1) is 27.2. The fraction of sp³-hybridized carbons (Fsp3) is 0.413. The zero-order valence-corrected chi connectivity index (χ0v) is 34.2. The molecule has 1 aliphatic rings. The molecular weight excluding hydrogens is 721 g/mol. The molecule has 3 aromatic rings. The number of hydrogen-bond acceptors (Lipinski definition) is 8. The monoisotopic (exact) mass is 778 g/mol. The smallest absolute Gasteiger partial charge is 0.324 e. The number of methoxy groups -OCH3 is 1. The third kappa shape index (κ3) is 13.6. The number of carbonyl (C=O) groups excluding carboxylic acids is 5. The van der Waals surface area contributed by atoms with Crippen molar-refractivity contribution < 1.29 is 33.4 Å². The van der Waals surface area contributed by atoms with Crippen molar-refractivity contribution >= 4 is 29.6 Å². The Morgan fingerprint density at radius 2 is 1.30 bits per heavy atom. The maximum atomic E-state index is 14.1. The van der Waals surface area contributed by atoms with Crippen molar-refractivity contribution in [1.29, 1.82) is 0 Å². The lowest BCUT2D eigenvalue weighted by molar-refractivity contribution is -0.161. The van der Waals surface area contributed by atoms with Crippen LogP contribution in [0.5, 0.6) is 0 Å². The minimum atomic E-state index is -1.12. The highest BCUT2D eigenvalue weighted by molar-refractivity contribution is 6.08. The topological polar surface area (TPSA) is 134 Å². The summed E-state index contributed by atoms with van der Waals surface area (Å²) in [5.41, 5.74) is 2.80. The van der Waals surface area contributed by atoms with E-state index in [9.17, 15) is 24.0 Å². The molecule has 11 heteroatoms. The Labute approximate surface area is 337 Å². The minimum Gasteiger partial charge on any atom is -0.499 e. The number of rotatable bonds is 20. The molecule has 0 radical (unpaired) electrons. The third-order valence-electron chi connectivity index (χ3n) is 9.73. The molecule has 0 saturated heterocycles. The van der Waals surface area contributed by atoms with Gasteiger partial charge in [-0.25, -0.2) is 0 Å². The van der Waals surface area contributed by atoms with Gasteiger partial charge in [0.05, 0.1) is 13.2 Å². The Morgan fingerprint density at radius 1 is 0.754 bits per heavy atom. The molecule has 5 unspecified atom stereocenters. The zero-order chi connectivity index (χ0) is 41.5. The van der Waals surface area contributed by atoms with Crippen molar-refractivity contribution in [2.24, 2.45) is 11.8 Å². The van der Waals surface area contributed by atoms with Gasteiger partial charge in [-0.2, -0.15) is 0 Å². The molecule has 1 aliphatic heterocycles. The predicted molar refractivity (Wildman–Crippen MR) is 220 cm³/mol. The number of imide groups is 1. The number of carbonyl (C=O) groups is 5. The van der Waals surface area contributed by atoms with Crippen molar-refractivity contribution in [2.75, 3.05) is 21.2 Å². The van der Waals surface area contributed by atoms with Gasteiger partial charge in [-0.3, -0.25) is 33.8 Å². The second kappa shape index (κ2) is 21.7. The molecular formula is C46H58N4O7. The van der Waals surface area contributed by atoms with Crippen molar-refractivity contribution in [3.63, 3.8) is 0 Å². The van der Waals surface area contributed by atoms with Crippen LogP contribution in [0.15, 0.2) is 115 Å². The summed E-state index contributed by atoms with van der Waals surface area (Å²) in [5, 5.41) is 5.93. The molecule has 0 spiro atoms. The lowest BCUT2D eigenvalue weighted by atomic mass is 9.99. The average Bonchev–Trinajstić information content (AvgIpc) is 3.49. The van der Waals surface area contributed by atoms with Gasteiger partial charge in [-0.05, 0) is 68.3 Å². The Hall–Kier alpha value is -5.55. The van der Waals surface area contributed by atoms with Gasteiger partial charge in [0.25, 0.3) is 17.7 Å². The van der Waals surface area contributed by atoms with Crippen LogP contribution < -0.4 is 10.6 Å². The van der Waals surface area contributed by atoms with Crippen molar-refractivity contribution in [2.45, 2.75) is 90.1 Å². The van der Waals surface area contributed by atoms with E-state index in [-0.39, 0.29) is 18.3 Å². The fourth-order valence-electron chi connectivity index (χ4n) is 6.79. The van der Waals surface area contributed by atoms with Gasteiger partial charge in [0.1, 0.15) is 23.9 Å². The molecule has 11 nitrogen and oxygen atoms in total. The highest BCUT2D eigenvalue weighted by atomic mass is 16.5. The first-order valence-corrected chi connectivity index (χ1v) is 19.7. The first-order valence-electron chi connectivity index (χ1n) is 19.7. The third-order valence-corrected chi connectivity index (χ3v) is 9.73. The summed E-state index contributed by atoms with van der Waals surface area (Å²) < 4.78 is 11.4. The molecule has 4 rings (SSSR count). The lowest BCUT2D eigenvalue weighted by Gasteiger charge is -2.28. The molecule has 1 heterocycles. The Bertz CT molecular complexity index is 1840. The van der Waals surface area contributed by atoms with Gasteiger partial charge in [0.2, 0.25) is 5.91 Å². The number of hydrogen-bond donors (Lipinski definition) is 2. The molecule has 0 bridgehead atoms. The molecule has 0 saturated carbocycles. The van der Waals surface area contributed by atoms with Gasteiger partial charge in [-0.1, -0.05) is 125 Å². The van der Waals surface area contributed by atoms with Gasteiger partial charge in [-0.15, -0.1) is 0 Å². The standard InChI is InChI=1S/C46H58N4O7/c1-31(2)25-37(48-45(54)41(26-32(3)4)57-46(55)39(49(5)6)29-35-21-15-10-16-22-35)44(53)47-36(27-33-17-11-8-12-18-33)23-24-42(51)50-38(40(56-7)30-43(50)52)28-34-19-13-9-14-20-34/h8-24,30-32,36-39,41H,25-29H2,1-7H3,(H,47,53)(H,48,54). The highest BCUT2D eigenvalue weighted by Crippen LogP contribution is 2.25. The van der Waals surface area contributed by atoms with Crippen LogP contribution in [0.1, 0.15) is 57.2 Å². The molecule has 4 amide bonds. The number of likely N-dealkylation sites (N-methyl/N-ethyl adjacent to an activating group) is 1. The molecule has 304 valence electrons. The lowest BCUT2D eigenvalue weighted by Crippen LogP contribution is -2.53. The van der Waals surface area contributed by atoms with Gasteiger partial charge in [0.15, 0.2) is 6.10 Å². The molecule has 0 aromatic heterocycles. The van der Waals surface area contributed by atoms with Crippen molar-refractivity contribution in [1.82, 2.24) is 20.4 Å². The zero-order valence-electron chi connectivity index (χ0n) is 34.2. The molecule has 0 aliphatic carbocycles. The molecule has 3 aromatic carbocycles. The largest absolute Gasteiger partial charge is 0.499 e. The predicted octanol–water partition coefficient (Wildman–Crippen LogP) is 5.44. The van der Waals surface area contributed by atoms with Crippen LogP contribution in [0.2, 0.25) is 0 Å². The van der Waals surface area contributed by atoms with Crippen LogP contribution in [-0.2, 0) is 52.7 Å². The summed E-state index contributed by atoms with van der Waals surface area (Å²) in [4.78, 5) is 71.5. The van der Waals surface area contributed by atoms with Crippen LogP contribution in [-0.4, -0.2) is 90.9 Å². The first kappa shape index (κ1) is 44.2. The molecule has 2 N–H and O–H groups in total. The summed E-state index contributed by atoms with van der Waals surface area (Å²) >= 11 is 0. The summed E-state index contributed by atoms with van der Waals surface area (Å²) in [7, 11) is 5.06. The van der Waals surface area contributed by atoms with Gasteiger partial charge >= 0.3 is 5.97 Å². The van der Waals surface area contributed by atoms with Gasteiger partial charge in [0, 0.05) is 18.6 Å². The number of amides is 4. The quantitative estimate of drug-likeness (QED) is 0.115. The van der Waals surface area contributed by atoms with E-state index in [0.29, 0.717) is 31.4 Å². The maximum absolute atomic E-state index is 14.1. The van der Waals surface area contributed by atoms with E-state index in [4.69, 9.17) is 9.47 Å². The fourth-order valence-corrected chi connectivity index (χ4v) is 6.79. The van der Waals surface area contributed by atoms with Crippen molar-refractivity contribution in [3.8, 4) is 0 Å². The normalized spacial score (nSPS) is 16.3. The van der Waals surface area contributed by atoms with E-state index in [0.717, 1.165) is 16.7 Å². The number of ether oxygens (including phenoxy) is 2. The number of nitrogens with zero attached hydrogens (tertiary/aromatic N) is 2. The Morgan fingerprint density at radius 3 is 1.82 bits per heavy atom. The second-order valence-corrected chi connectivity index (χ2v) is 15.6. The minimum absolute atomic E-state index is 0.0146. The Balaban J connectivity index is 1.53. The van der Waals surface area contributed by atoms with Crippen LogP contribution >= 0.6 is 0 Å².